The molecule has 0 atom stereocenters. The lowest BCUT2D eigenvalue weighted by molar-refractivity contribution is -0.137. The fraction of sp³-hybridized carbons (Fsp3) is 0.812. The van der Waals surface area contributed by atoms with E-state index in [4.69, 9.17) is 4.74 Å². The van der Waals surface area contributed by atoms with E-state index in [2.05, 4.69) is 51.8 Å². The highest BCUT2D eigenvalue weighted by Crippen LogP contribution is 2.14. The van der Waals surface area contributed by atoms with E-state index in [1.54, 1.807) is 0 Å². The zero-order valence-corrected chi connectivity index (χ0v) is 18.2. The minimum Gasteiger partial charge on any atom is -0.463 e. The maximum absolute atomic E-state index is 10.8. The van der Waals surface area contributed by atoms with Gasteiger partial charge in [-0.15, -0.1) is 0 Å². The van der Waals surface area contributed by atoms with Crippen molar-refractivity contribution in [3.63, 3.8) is 0 Å². The third-order valence-corrected chi connectivity index (χ3v) is 6.87. The number of rotatable bonds is 15. The molecule has 0 aliphatic rings. The Labute approximate surface area is 160 Å². The first kappa shape index (κ1) is 21.9. The van der Waals surface area contributed by atoms with Gasteiger partial charge in [-0.1, -0.05) is 116 Å². The van der Waals surface area contributed by atoms with E-state index in [0.29, 0.717) is 6.61 Å². The Kier molecular flexibility index (Phi) is 18.0. The third kappa shape index (κ3) is 18.8. The number of unbranched alkanes of at least 4 members (excludes halogenated alkanes) is 9. The highest BCUT2D eigenvalue weighted by Gasteiger charge is 1.99. The molecule has 2 radical (unpaired) electrons. The molecular weight excluding hydrogens is 506 g/mol. The Morgan fingerprint density at radius 1 is 0.952 bits per heavy atom. The second-order valence-electron chi connectivity index (χ2n) is 5.16. The third-order valence-electron chi connectivity index (χ3n) is 3.28. The monoisotopic (exact) mass is 534 g/mol. The summed E-state index contributed by atoms with van der Waals surface area (Å²) in [6.45, 7) is 3.92. The molecule has 21 heavy (non-hydrogen) atoms. The summed E-state index contributed by atoms with van der Waals surface area (Å²) in [5.74, 6) is -0.303. The van der Waals surface area contributed by atoms with Crippen molar-refractivity contribution in [2.24, 2.45) is 0 Å². The summed E-state index contributed by atoms with van der Waals surface area (Å²) in [5, 5.41) is 0. The van der Waals surface area contributed by atoms with Crippen LogP contribution in [-0.4, -0.2) is 23.7 Å². The lowest BCUT2D eigenvalue weighted by atomic mass is 10.1. The molecule has 0 aromatic heterocycles. The number of hydrogen-bond donors (Lipinski definition) is 0. The van der Waals surface area contributed by atoms with Gasteiger partial charge in [-0.2, -0.15) is 0 Å². The summed E-state index contributed by atoms with van der Waals surface area (Å²) < 4.78 is 5.77. The molecule has 0 spiro atoms. The molecule has 5 heteroatoms. The van der Waals surface area contributed by atoms with Crippen molar-refractivity contribution < 1.29 is 9.53 Å². The van der Waals surface area contributed by atoms with Crippen LogP contribution in [0.2, 0.25) is 6.04 Å². The number of esters is 1. The second kappa shape index (κ2) is 17.2. The van der Waals surface area contributed by atoms with Crippen LogP contribution in [0.15, 0.2) is 12.7 Å². The van der Waals surface area contributed by atoms with Gasteiger partial charge in [0.15, 0.2) is 0 Å². The summed E-state index contributed by atoms with van der Waals surface area (Å²) in [6, 6.07) is 1.42. The largest absolute Gasteiger partial charge is 0.463 e. The van der Waals surface area contributed by atoms with Crippen LogP contribution in [0.3, 0.4) is 0 Å². The zero-order chi connectivity index (χ0) is 15.8. The number of carbonyl (C=O) groups excluding carboxylic acids is 1. The van der Waals surface area contributed by atoms with Crippen LogP contribution >= 0.6 is 45.2 Å². The summed E-state index contributed by atoms with van der Waals surface area (Å²) in [6.07, 6.45) is 14.4. The van der Waals surface area contributed by atoms with E-state index in [0.717, 1.165) is 17.5 Å². The molecule has 0 aromatic carbocycles. The smallest absolute Gasteiger partial charge is 0.330 e. The van der Waals surface area contributed by atoms with Crippen molar-refractivity contribution in [3.8, 4) is 0 Å². The lowest BCUT2D eigenvalue weighted by Crippen LogP contribution is -2.01. The van der Waals surface area contributed by atoms with Crippen molar-refractivity contribution in [2.45, 2.75) is 71.8 Å². The van der Waals surface area contributed by atoms with Crippen LogP contribution in [0.5, 0.6) is 0 Å². The summed E-state index contributed by atoms with van der Waals surface area (Å²) in [4.78, 5) is 10.8. The summed E-state index contributed by atoms with van der Waals surface area (Å²) in [5.41, 5.74) is 0. The van der Waals surface area contributed by atoms with E-state index >= 15 is 0 Å². The van der Waals surface area contributed by atoms with Gasteiger partial charge >= 0.3 is 5.97 Å². The molecule has 122 valence electrons. The average molecular weight is 534 g/mol. The van der Waals surface area contributed by atoms with Gasteiger partial charge < -0.3 is 4.74 Å². The number of alkyl halides is 2. The molecule has 0 heterocycles. The second-order valence-corrected chi connectivity index (χ2v) is 13.9. The first-order chi connectivity index (χ1) is 10.2. The minimum atomic E-state index is -0.303. The summed E-state index contributed by atoms with van der Waals surface area (Å²) in [7, 11) is 1.13. The van der Waals surface area contributed by atoms with Gasteiger partial charge in [0.05, 0.1) is 17.7 Å². The molecule has 0 bridgehead atoms. The first-order valence-corrected chi connectivity index (χ1v) is 11.7. The van der Waals surface area contributed by atoms with Gasteiger partial charge in [0.2, 0.25) is 0 Å². The quantitative estimate of drug-likeness (QED) is 0.0654. The Bertz CT molecular complexity index is 261. The van der Waals surface area contributed by atoms with Crippen LogP contribution < -0.4 is 0 Å². The van der Waals surface area contributed by atoms with Gasteiger partial charge in [0.25, 0.3) is 0 Å². The zero-order valence-electron chi connectivity index (χ0n) is 12.9. The molecule has 0 rings (SSSR count). The van der Waals surface area contributed by atoms with Crippen molar-refractivity contribution >= 4 is 60.7 Å². The Balaban J connectivity index is 3.02. The lowest BCUT2D eigenvalue weighted by Gasteiger charge is -2.04. The van der Waals surface area contributed by atoms with Crippen molar-refractivity contribution in [1.82, 2.24) is 0 Å². The normalized spacial score (nSPS) is 10.8. The molecule has 0 fully saturated rings. The highest BCUT2D eigenvalue weighted by atomic mass is 127. The molecule has 0 amide bonds. The van der Waals surface area contributed by atoms with Gasteiger partial charge in [-0.3, -0.25) is 0 Å². The molecule has 0 saturated heterocycles. The number of carbonyl (C=O) groups is 1. The van der Waals surface area contributed by atoms with Crippen molar-refractivity contribution in [2.75, 3.05) is 6.61 Å². The topological polar surface area (TPSA) is 26.3 Å². The van der Waals surface area contributed by atoms with Gasteiger partial charge in [0, 0.05) is 6.08 Å². The molecule has 0 aliphatic heterocycles. The summed E-state index contributed by atoms with van der Waals surface area (Å²) >= 11 is 5.03. The number of halogens is 2. The predicted octanol–water partition coefficient (Wildman–Crippen LogP) is 5.89. The van der Waals surface area contributed by atoms with Crippen LogP contribution in [0.4, 0.5) is 0 Å². The predicted molar refractivity (Wildman–Crippen MR) is 110 cm³/mol. The average Bonchev–Trinajstić information content (AvgIpc) is 2.46. The Hall–Kier alpha value is 0.887. The molecule has 2 nitrogen and oxygen atoms in total. The highest BCUT2D eigenvalue weighted by molar-refractivity contribution is 14.2. The van der Waals surface area contributed by atoms with Gasteiger partial charge in [-0.25, -0.2) is 4.79 Å². The molecule has 0 aromatic rings. The first-order valence-electron chi connectivity index (χ1n) is 7.97. The molecule has 0 N–H and O–H groups in total. The van der Waals surface area contributed by atoms with E-state index < -0.39 is 0 Å². The van der Waals surface area contributed by atoms with Gasteiger partial charge in [-0.05, 0) is 6.42 Å². The Morgan fingerprint density at radius 3 is 1.90 bits per heavy atom. The van der Waals surface area contributed by atoms with Crippen molar-refractivity contribution in [1.29, 1.82) is 0 Å². The van der Waals surface area contributed by atoms with E-state index in [-0.39, 0.29) is 5.97 Å². The SMILES string of the molecule is C=CC(=O)OCCCCCCCCCCCC[Si]C(I)I. The minimum absolute atomic E-state index is 0.303. The van der Waals surface area contributed by atoms with Crippen LogP contribution in [0.25, 0.3) is 0 Å². The molecular formula is C16H28I2O2Si. The maximum Gasteiger partial charge on any atom is 0.330 e. The van der Waals surface area contributed by atoms with Crippen LogP contribution in [0.1, 0.15) is 64.2 Å². The number of hydrogen-bond acceptors (Lipinski definition) is 2. The van der Waals surface area contributed by atoms with E-state index in [9.17, 15) is 4.79 Å². The van der Waals surface area contributed by atoms with Crippen LogP contribution in [-0.2, 0) is 9.53 Å². The number of ether oxygens (including phenoxy) is 1. The fourth-order valence-electron chi connectivity index (χ4n) is 2.08. The molecule has 0 unspecified atom stereocenters. The Morgan fingerprint density at radius 2 is 1.43 bits per heavy atom. The molecule has 0 aliphatic carbocycles. The standard InChI is InChI=1S/C16H28I2O2Si/c1-2-15(19)20-13-11-9-7-5-3-4-6-8-10-12-14-21-16(17)18/h2,16H,1,3-14H2. The van der Waals surface area contributed by atoms with E-state index in [1.165, 1.54) is 69.9 Å². The van der Waals surface area contributed by atoms with Crippen molar-refractivity contribution in [3.05, 3.63) is 12.7 Å². The maximum atomic E-state index is 10.8. The van der Waals surface area contributed by atoms with Crippen LogP contribution in [0, 0.1) is 0 Å². The fourth-order valence-corrected chi connectivity index (χ4v) is 4.62. The van der Waals surface area contributed by atoms with E-state index in [1.807, 2.05) is 0 Å². The van der Waals surface area contributed by atoms with Gasteiger partial charge in [0.1, 0.15) is 0 Å². The molecule has 0 saturated carbocycles.